The molecule has 0 unspecified atom stereocenters. The van der Waals surface area contributed by atoms with Crippen molar-refractivity contribution in [3.05, 3.63) is 71.1 Å². The van der Waals surface area contributed by atoms with Gasteiger partial charge < -0.3 is 14.5 Å². The lowest BCUT2D eigenvalue weighted by Crippen LogP contribution is -2.33. The van der Waals surface area contributed by atoms with Crippen LogP contribution >= 0.6 is 0 Å². The molecule has 28 heavy (non-hydrogen) atoms. The minimum atomic E-state index is -0.953. The van der Waals surface area contributed by atoms with Crippen molar-refractivity contribution in [1.29, 1.82) is 0 Å². The molecule has 1 N–H and O–H groups in total. The second kappa shape index (κ2) is 6.31. The number of hydrogen-bond acceptors (Lipinski definition) is 6. The van der Waals surface area contributed by atoms with Gasteiger partial charge in [-0.2, -0.15) is 0 Å². The van der Waals surface area contributed by atoms with Gasteiger partial charge >= 0.3 is 5.97 Å². The second-order valence-electron chi connectivity index (χ2n) is 6.42. The number of aromatic carboxylic acids is 1. The Morgan fingerprint density at radius 3 is 2.86 bits per heavy atom. The van der Waals surface area contributed by atoms with Crippen molar-refractivity contribution in [2.75, 3.05) is 11.4 Å². The van der Waals surface area contributed by atoms with Gasteiger partial charge in [0.25, 0.3) is 0 Å². The molecule has 0 aliphatic carbocycles. The summed E-state index contributed by atoms with van der Waals surface area (Å²) in [7, 11) is 0. The fraction of sp³-hybridized carbons (Fsp3) is 0.0476. The van der Waals surface area contributed by atoms with Crippen molar-refractivity contribution < 1.29 is 14.4 Å². The first-order valence-corrected chi connectivity index (χ1v) is 8.68. The summed E-state index contributed by atoms with van der Waals surface area (Å²) in [6.07, 6.45) is 7.31. The van der Waals surface area contributed by atoms with Gasteiger partial charge in [0.05, 0.1) is 22.7 Å². The van der Waals surface area contributed by atoms with E-state index in [-0.39, 0.29) is 5.56 Å². The smallest absolute Gasteiger partial charge is 0.335 e. The molecule has 1 aromatic carbocycles. The molecule has 7 nitrogen and oxygen atoms in total. The molecule has 4 heterocycles. The molecule has 4 aromatic rings. The Labute approximate surface area is 158 Å². The summed E-state index contributed by atoms with van der Waals surface area (Å²) in [5.41, 5.74) is 3.36. The van der Waals surface area contributed by atoms with Crippen LogP contribution in [0.3, 0.4) is 0 Å². The molecule has 0 radical (unpaired) electrons. The SMILES string of the molecule is O=C(O)c1ccc(-c2cc3cccnc3c(N3C=c4cnoc4=CC3)n2)cc1. The summed E-state index contributed by atoms with van der Waals surface area (Å²) >= 11 is 0. The largest absolute Gasteiger partial charge is 0.478 e. The molecule has 0 amide bonds. The Bertz CT molecular complexity index is 1330. The number of rotatable bonds is 3. The second-order valence-corrected chi connectivity index (χ2v) is 6.42. The molecule has 136 valence electrons. The highest BCUT2D eigenvalue weighted by atomic mass is 16.5. The van der Waals surface area contributed by atoms with E-state index < -0.39 is 5.97 Å². The average molecular weight is 370 g/mol. The van der Waals surface area contributed by atoms with Gasteiger partial charge in [0, 0.05) is 29.9 Å². The zero-order valence-electron chi connectivity index (χ0n) is 14.6. The lowest BCUT2D eigenvalue weighted by molar-refractivity contribution is 0.0697. The molecule has 0 saturated heterocycles. The molecule has 3 aromatic heterocycles. The molecular weight excluding hydrogens is 356 g/mol. The van der Waals surface area contributed by atoms with E-state index in [4.69, 9.17) is 14.6 Å². The van der Waals surface area contributed by atoms with Crippen LogP contribution in [-0.4, -0.2) is 32.7 Å². The number of hydrogen-bond donors (Lipinski definition) is 1. The first-order valence-electron chi connectivity index (χ1n) is 8.68. The highest BCUT2D eigenvalue weighted by molar-refractivity contribution is 5.94. The van der Waals surface area contributed by atoms with Crippen LogP contribution in [0.5, 0.6) is 0 Å². The highest BCUT2D eigenvalue weighted by Gasteiger charge is 2.16. The van der Waals surface area contributed by atoms with Crippen LogP contribution in [0.4, 0.5) is 5.82 Å². The number of pyridine rings is 2. The fourth-order valence-electron chi connectivity index (χ4n) is 3.26. The van der Waals surface area contributed by atoms with Crippen LogP contribution < -0.4 is 15.5 Å². The van der Waals surface area contributed by atoms with Crippen molar-refractivity contribution in [3.8, 4) is 11.3 Å². The first-order chi connectivity index (χ1) is 13.7. The van der Waals surface area contributed by atoms with Gasteiger partial charge in [-0.25, -0.2) is 9.78 Å². The van der Waals surface area contributed by atoms with Gasteiger partial charge in [-0.3, -0.25) is 4.98 Å². The molecule has 0 atom stereocenters. The molecule has 7 heteroatoms. The predicted octanol–water partition coefficient (Wildman–Crippen LogP) is 2.02. The van der Waals surface area contributed by atoms with Gasteiger partial charge in [-0.15, -0.1) is 0 Å². The van der Waals surface area contributed by atoms with E-state index in [1.54, 1.807) is 36.7 Å². The van der Waals surface area contributed by atoms with Crippen molar-refractivity contribution in [3.63, 3.8) is 0 Å². The highest BCUT2D eigenvalue weighted by Crippen LogP contribution is 2.29. The summed E-state index contributed by atoms with van der Waals surface area (Å²) in [6, 6.07) is 12.5. The van der Waals surface area contributed by atoms with Gasteiger partial charge in [0.1, 0.15) is 5.52 Å². The van der Waals surface area contributed by atoms with E-state index >= 15 is 0 Å². The average Bonchev–Trinajstić information content (AvgIpc) is 3.21. The van der Waals surface area contributed by atoms with E-state index in [9.17, 15) is 4.79 Å². The Morgan fingerprint density at radius 2 is 2.04 bits per heavy atom. The summed E-state index contributed by atoms with van der Waals surface area (Å²) in [4.78, 5) is 22.5. The minimum absolute atomic E-state index is 0.241. The Kier molecular flexibility index (Phi) is 3.65. The molecule has 5 rings (SSSR count). The van der Waals surface area contributed by atoms with Crippen LogP contribution in [0.1, 0.15) is 10.4 Å². The van der Waals surface area contributed by atoms with E-state index in [0.717, 1.165) is 38.6 Å². The standard InChI is InChI=1S/C21H14N4O3/c26-21(27)14-5-3-13(4-6-14)17-10-15-2-1-8-22-19(15)20(24-17)25-9-7-18-16(12-25)11-23-28-18/h1-8,10-12H,9H2,(H,26,27). The molecule has 1 aliphatic heterocycles. The maximum Gasteiger partial charge on any atom is 0.335 e. The van der Waals surface area contributed by atoms with Crippen molar-refractivity contribution in [2.45, 2.75) is 0 Å². The van der Waals surface area contributed by atoms with Crippen molar-refractivity contribution in [1.82, 2.24) is 15.1 Å². The number of carboxylic acids is 1. The number of nitrogens with zero attached hydrogens (tertiary/aromatic N) is 4. The van der Waals surface area contributed by atoms with Crippen molar-refractivity contribution >= 4 is 35.0 Å². The Balaban J connectivity index is 1.67. The third-order valence-electron chi connectivity index (χ3n) is 4.66. The van der Waals surface area contributed by atoms with Crippen LogP contribution in [0, 0.1) is 0 Å². The zero-order valence-corrected chi connectivity index (χ0v) is 14.6. The van der Waals surface area contributed by atoms with E-state index in [2.05, 4.69) is 10.1 Å². The maximum absolute atomic E-state index is 11.1. The van der Waals surface area contributed by atoms with Crippen LogP contribution in [0.25, 0.3) is 34.4 Å². The molecule has 0 spiro atoms. The van der Waals surface area contributed by atoms with E-state index in [1.165, 1.54) is 0 Å². The number of anilines is 1. The lowest BCUT2D eigenvalue weighted by atomic mass is 10.1. The Morgan fingerprint density at radius 1 is 1.18 bits per heavy atom. The number of carbonyl (C=O) groups is 1. The van der Waals surface area contributed by atoms with Gasteiger partial charge in [0.2, 0.25) is 0 Å². The Hall–Kier alpha value is -4.00. The molecule has 0 fully saturated rings. The van der Waals surface area contributed by atoms with Crippen LogP contribution in [0.2, 0.25) is 0 Å². The van der Waals surface area contributed by atoms with Gasteiger partial charge in [0.15, 0.2) is 11.2 Å². The zero-order chi connectivity index (χ0) is 19.1. The van der Waals surface area contributed by atoms with Crippen molar-refractivity contribution in [2.24, 2.45) is 0 Å². The van der Waals surface area contributed by atoms with Crippen LogP contribution in [0.15, 0.2) is 59.4 Å². The fourth-order valence-corrected chi connectivity index (χ4v) is 3.26. The monoisotopic (exact) mass is 370 g/mol. The first kappa shape index (κ1) is 16.2. The quantitative estimate of drug-likeness (QED) is 0.590. The normalized spacial score (nSPS) is 12.9. The van der Waals surface area contributed by atoms with E-state index in [0.29, 0.717) is 6.54 Å². The number of aromatic nitrogens is 3. The predicted molar refractivity (Wildman–Crippen MR) is 104 cm³/mol. The third kappa shape index (κ3) is 2.69. The topological polar surface area (TPSA) is 92.3 Å². The minimum Gasteiger partial charge on any atom is -0.478 e. The van der Waals surface area contributed by atoms with Gasteiger partial charge in [-0.1, -0.05) is 23.4 Å². The van der Waals surface area contributed by atoms with E-state index in [1.807, 2.05) is 35.4 Å². The third-order valence-corrected chi connectivity index (χ3v) is 4.66. The summed E-state index contributed by atoms with van der Waals surface area (Å²) in [5.74, 6) is -0.232. The molecule has 0 bridgehead atoms. The lowest BCUT2D eigenvalue weighted by Gasteiger charge is -2.21. The summed E-state index contributed by atoms with van der Waals surface area (Å²) < 4.78 is 5.20. The molecule has 0 saturated carbocycles. The van der Waals surface area contributed by atoms with Gasteiger partial charge in [-0.05, 0) is 30.3 Å². The summed E-state index contributed by atoms with van der Waals surface area (Å²) in [5, 5.41) is 14.8. The number of fused-ring (bicyclic) bond motifs is 2. The number of carboxylic acid groups (broad SMARTS) is 1. The molecule has 1 aliphatic rings. The summed E-state index contributed by atoms with van der Waals surface area (Å²) in [6.45, 7) is 0.586. The number of benzene rings is 1. The molecular formula is C21H14N4O3. The maximum atomic E-state index is 11.1. The van der Waals surface area contributed by atoms with Crippen LogP contribution in [-0.2, 0) is 0 Å².